The molecule has 4 heteroatoms. The van der Waals surface area contributed by atoms with Crippen molar-refractivity contribution in [1.29, 1.82) is 0 Å². The van der Waals surface area contributed by atoms with Crippen LogP contribution in [0.2, 0.25) is 0 Å². The zero-order valence-corrected chi connectivity index (χ0v) is 9.17. The van der Waals surface area contributed by atoms with Gasteiger partial charge in [0.1, 0.15) is 5.34 Å². The Balaban J connectivity index is 3.15. The highest BCUT2D eigenvalue weighted by molar-refractivity contribution is 7.67. The van der Waals surface area contributed by atoms with Gasteiger partial charge in [0.15, 0.2) is 0 Å². The average molecular weight is 216 g/mol. The van der Waals surface area contributed by atoms with Gasteiger partial charge in [-0.15, -0.1) is 0 Å². The number of hydrogen-bond acceptors (Lipinski definition) is 2. The summed E-state index contributed by atoms with van der Waals surface area (Å²) in [4.78, 5) is 0. The molecule has 1 N–H and O–H groups in total. The second kappa shape index (κ2) is 3.84. The summed E-state index contributed by atoms with van der Waals surface area (Å²) in [7, 11) is -4.19. The minimum atomic E-state index is -4.19. The normalized spacial score (nSPS) is 19.7. The van der Waals surface area contributed by atoms with Crippen LogP contribution in [-0.2, 0) is 4.57 Å². The predicted octanol–water partition coefficient (Wildman–Crippen LogP) is 2.68. The molecule has 2 nitrogen and oxygen atoms in total. The van der Waals surface area contributed by atoms with Crippen molar-refractivity contribution in [2.45, 2.75) is 25.6 Å². The van der Waals surface area contributed by atoms with Crippen LogP contribution in [0.15, 0.2) is 30.3 Å². The second-order valence-corrected chi connectivity index (χ2v) is 5.98. The highest BCUT2D eigenvalue weighted by Gasteiger charge is 2.43. The third-order valence-electron chi connectivity index (χ3n) is 2.38. The lowest BCUT2D eigenvalue weighted by atomic mass is 10.3. The van der Waals surface area contributed by atoms with Crippen LogP contribution in [-0.4, -0.2) is 10.4 Å². The van der Waals surface area contributed by atoms with Gasteiger partial charge in [-0.25, -0.2) is 0 Å². The first-order valence-electron chi connectivity index (χ1n) is 4.49. The monoisotopic (exact) mass is 216 g/mol. The van der Waals surface area contributed by atoms with Crippen molar-refractivity contribution in [3.63, 3.8) is 0 Å². The first-order chi connectivity index (χ1) is 6.42. The van der Waals surface area contributed by atoms with Gasteiger partial charge in [-0.3, -0.25) is 4.57 Å². The number of hydrogen-bond donors (Lipinski definition) is 1. The molecule has 0 aliphatic heterocycles. The molecule has 1 rings (SSSR count). The molecule has 2 atom stereocenters. The zero-order chi connectivity index (χ0) is 10.8. The fourth-order valence-electron chi connectivity index (χ4n) is 1.10. The largest absolute Gasteiger partial charge is 0.379 e. The molecule has 78 valence electrons. The van der Waals surface area contributed by atoms with Crippen molar-refractivity contribution in [3.8, 4) is 0 Å². The molecular weight excluding hydrogens is 202 g/mol. The van der Waals surface area contributed by atoms with E-state index in [2.05, 4.69) is 0 Å². The number of halogens is 1. The van der Waals surface area contributed by atoms with E-state index in [4.69, 9.17) is 0 Å². The van der Waals surface area contributed by atoms with Crippen LogP contribution in [0.5, 0.6) is 0 Å². The van der Waals surface area contributed by atoms with E-state index < -0.39 is 12.8 Å². The van der Waals surface area contributed by atoms with Gasteiger partial charge in [-0.05, 0) is 25.5 Å². The first-order valence-corrected chi connectivity index (χ1v) is 6.09. The fourth-order valence-corrected chi connectivity index (χ4v) is 2.62. The molecule has 0 heterocycles. The summed E-state index contributed by atoms with van der Waals surface area (Å²) in [5, 5.41) is 7.97. The lowest BCUT2D eigenvalue weighted by Crippen LogP contribution is -2.26. The maximum atomic E-state index is 13.9. The molecule has 2 unspecified atom stereocenters. The van der Waals surface area contributed by atoms with E-state index in [9.17, 15) is 13.9 Å². The van der Waals surface area contributed by atoms with Crippen molar-refractivity contribution in [1.82, 2.24) is 0 Å². The lowest BCUT2D eigenvalue weighted by molar-refractivity contribution is 0.133. The standard InChI is InChI=1S/C10H14FO2P/c1-3-10(2,12)14(11,13)9-7-5-4-6-8-9/h4-8,12H,3H2,1-2H3. The SMILES string of the molecule is CCC(C)(O)P(=O)(F)c1ccccc1. The van der Waals surface area contributed by atoms with Crippen LogP contribution < -0.4 is 5.30 Å². The fraction of sp³-hybridized carbons (Fsp3) is 0.400. The van der Waals surface area contributed by atoms with E-state index in [0.29, 0.717) is 0 Å². The Bertz CT molecular complexity index is 348. The molecule has 0 amide bonds. The summed E-state index contributed by atoms with van der Waals surface area (Å²) in [5.41, 5.74) is 0. The minimum absolute atomic E-state index is 0.0758. The molecular formula is C10H14FO2P. The molecule has 1 aromatic carbocycles. The smallest absolute Gasteiger partial charge is 0.301 e. The Hall–Kier alpha value is -0.660. The number of aliphatic hydroxyl groups is 1. The zero-order valence-electron chi connectivity index (χ0n) is 8.27. The van der Waals surface area contributed by atoms with Crippen LogP contribution in [0.4, 0.5) is 4.20 Å². The molecule has 14 heavy (non-hydrogen) atoms. The van der Waals surface area contributed by atoms with Gasteiger partial charge in [0.2, 0.25) is 0 Å². The van der Waals surface area contributed by atoms with Gasteiger partial charge >= 0.3 is 7.45 Å². The highest BCUT2D eigenvalue weighted by Crippen LogP contribution is 2.58. The van der Waals surface area contributed by atoms with Crippen LogP contribution in [0.25, 0.3) is 0 Å². The van der Waals surface area contributed by atoms with Gasteiger partial charge in [-0.1, -0.05) is 25.1 Å². The van der Waals surface area contributed by atoms with E-state index in [1.807, 2.05) is 0 Å². The summed E-state index contributed by atoms with van der Waals surface area (Å²) in [6.07, 6.45) is 0.121. The van der Waals surface area contributed by atoms with Crippen LogP contribution in [0, 0.1) is 0 Å². The molecule has 1 aromatic rings. The minimum Gasteiger partial charge on any atom is -0.379 e. The Morgan fingerprint density at radius 1 is 1.43 bits per heavy atom. The third-order valence-corrected chi connectivity index (χ3v) is 4.90. The van der Waals surface area contributed by atoms with Crippen LogP contribution in [0.1, 0.15) is 20.3 Å². The molecule has 0 saturated heterocycles. The molecule has 0 aliphatic rings. The average Bonchev–Trinajstić information content (AvgIpc) is 2.19. The molecule has 0 fully saturated rings. The summed E-state index contributed by atoms with van der Waals surface area (Å²) in [5.74, 6) is 0. The van der Waals surface area contributed by atoms with Gasteiger partial charge in [0, 0.05) is 5.30 Å². The molecule has 0 spiro atoms. The lowest BCUT2D eigenvalue weighted by Gasteiger charge is -2.25. The Morgan fingerprint density at radius 2 is 1.93 bits per heavy atom. The maximum Gasteiger partial charge on any atom is 0.301 e. The van der Waals surface area contributed by atoms with Crippen LogP contribution >= 0.6 is 7.45 Å². The third kappa shape index (κ3) is 1.89. The van der Waals surface area contributed by atoms with E-state index in [1.54, 1.807) is 25.1 Å². The van der Waals surface area contributed by atoms with Gasteiger partial charge in [0.05, 0.1) is 0 Å². The van der Waals surface area contributed by atoms with Gasteiger partial charge in [0.25, 0.3) is 0 Å². The van der Waals surface area contributed by atoms with E-state index in [-0.39, 0.29) is 11.7 Å². The molecule has 0 saturated carbocycles. The van der Waals surface area contributed by atoms with Crippen molar-refractivity contribution >= 4 is 12.8 Å². The van der Waals surface area contributed by atoms with Gasteiger partial charge < -0.3 is 5.11 Å². The summed E-state index contributed by atoms with van der Waals surface area (Å²) >= 11 is 0. The quantitative estimate of drug-likeness (QED) is 0.788. The predicted molar refractivity (Wildman–Crippen MR) is 55.7 cm³/mol. The Labute approximate surface area is 83.3 Å². The maximum absolute atomic E-state index is 13.9. The molecule has 0 aliphatic carbocycles. The van der Waals surface area contributed by atoms with Crippen molar-refractivity contribution in [2.75, 3.05) is 0 Å². The van der Waals surface area contributed by atoms with E-state index in [0.717, 1.165) is 0 Å². The van der Waals surface area contributed by atoms with Gasteiger partial charge in [-0.2, -0.15) is 4.20 Å². The Kier molecular flexibility index (Phi) is 3.13. The van der Waals surface area contributed by atoms with Crippen molar-refractivity contribution in [3.05, 3.63) is 30.3 Å². The highest BCUT2D eigenvalue weighted by atomic mass is 31.2. The van der Waals surface area contributed by atoms with Crippen molar-refractivity contribution in [2.24, 2.45) is 0 Å². The number of benzene rings is 1. The van der Waals surface area contributed by atoms with Crippen molar-refractivity contribution < 1.29 is 13.9 Å². The Morgan fingerprint density at radius 3 is 2.36 bits per heavy atom. The van der Waals surface area contributed by atoms with E-state index >= 15 is 0 Å². The van der Waals surface area contributed by atoms with E-state index in [1.165, 1.54) is 19.1 Å². The van der Waals surface area contributed by atoms with Crippen LogP contribution in [0.3, 0.4) is 0 Å². The molecule has 0 radical (unpaired) electrons. The molecule has 0 bridgehead atoms. The summed E-state index contributed by atoms with van der Waals surface area (Å²) < 4.78 is 25.7. The number of rotatable bonds is 3. The topological polar surface area (TPSA) is 37.3 Å². The molecule has 0 aromatic heterocycles. The summed E-state index contributed by atoms with van der Waals surface area (Å²) in [6, 6.07) is 7.79. The first kappa shape index (κ1) is 11.4. The summed E-state index contributed by atoms with van der Waals surface area (Å²) in [6.45, 7) is 2.87. The second-order valence-electron chi connectivity index (χ2n) is 3.44.